The number of nitrogens with one attached hydrogen (secondary N) is 1. The van der Waals surface area contributed by atoms with Crippen LogP contribution in [0.3, 0.4) is 0 Å². The first kappa shape index (κ1) is 21.2. The van der Waals surface area contributed by atoms with Gasteiger partial charge in [0.25, 0.3) is 0 Å². The summed E-state index contributed by atoms with van der Waals surface area (Å²) < 4.78 is 0. The molecule has 4 nitrogen and oxygen atoms in total. The third kappa shape index (κ3) is 6.52. The molecule has 1 amide bonds. The molecule has 0 spiro atoms. The van der Waals surface area contributed by atoms with Crippen molar-refractivity contribution in [1.82, 2.24) is 15.1 Å². The predicted molar refractivity (Wildman–Crippen MR) is 118 cm³/mol. The van der Waals surface area contributed by atoms with E-state index in [-0.39, 0.29) is 5.91 Å². The summed E-state index contributed by atoms with van der Waals surface area (Å²) in [6, 6.07) is 16.2. The first-order chi connectivity index (χ1) is 13.6. The summed E-state index contributed by atoms with van der Waals surface area (Å²) in [5, 5.41) is 3.67. The summed E-state index contributed by atoms with van der Waals surface area (Å²) >= 11 is 7.58. The molecule has 0 aromatic heterocycles. The SMILES string of the molecule is CCN1CCN(Cc2ccc(CNC(=O)CSc3ccccc3Cl)cc2)CC1. The minimum absolute atomic E-state index is 0.0165. The maximum Gasteiger partial charge on any atom is 0.230 e. The van der Waals surface area contributed by atoms with Crippen molar-refractivity contribution in [2.45, 2.75) is 24.9 Å². The largest absolute Gasteiger partial charge is 0.351 e. The lowest BCUT2D eigenvalue weighted by Crippen LogP contribution is -2.45. The first-order valence-corrected chi connectivity index (χ1v) is 11.2. The summed E-state index contributed by atoms with van der Waals surface area (Å²) in [5.74, 6) is 0.383. The molecule has 1 aliphatic heterocycles. The number of likely N-dealkylation sites (N-methyl/N-ethyl adjacent to an activating group) is 1. The summed E-state index contributed by atoms with van der Waals surface area (Å²) in [7, 11) is 0. The molecular weight excluding hydrogens is 390 g/mol. The Morgan fingerprint density at radius 1 is 1.00 bits per heavy atom. The molecule has 0 radical (unpaired) electrons. The average molecular weight is 418 g/mol. The van der Waals surface area contributed by atoms with Gasteiger partial charge in [-0.05, 0) is 29.8 Å². The van der Waals surface area contributed by atoms with Crippen molar-refractivity contribution in [2.24, 2.45) is 0 Å². The van der Waals surface area contributed by atoms with Crippen molar-refractivity contribution in [3.8, 4) is 0 Å². The van der Waals surface area contributed by atoms with E-state index in [1.165, 1.54) is 17.3 Å². The number of carbonyl (C=O) groups is 1. The maximum absolute atomic E-state index is 12.1. The van der Waals surface area contributed by atoms with Crippen LogP contribution in [0.15, 0.2) is 53.4 Å². The molecule has 1 aliphatic rings. The zero-order valence-corrected chi connectivity index (χ0v) is 17.9. The highest BCUT2D eigenvalue weighted by Gasteiger charge is 2.15. The smallest absolute Gasteiger partial charge is 0.230 e. The van der Waals surface area contributed by atoms with Gasteiger partial charge in [-0.1, -0.05) is 54.9 Å². The number of rotatable bonds is 8. The average Bonchev–Trinajstić information content (AvgIpc) is 2.73. The number of benzene rings is 2. The third-order valence-electron chi connectivity index (χ3n) is 5.03. The van der Waals surface area contributed by atoms with Gasteiger partial charge >= 0.3 is 0 Å². The van der Waals surface area contributed by atoms with Gasteiger partial charge < -0.3 is 10.2 Å². The third-order valence-corrected chi connectivity index (χ3v) is 6.54. The number of nitrogens with zero attached hydrogens (tertiary/aromatic N) is 2. The number of amides is 1. The Morgan fingerprint density at radius 3 is 2.32 bits per heavy atom. The quantitative estimate of drug-likeness (QED) is 0.661. The normalized spacial score (nSPS) is 15.5. The highest BCUT2D eigenvalue weighted by atomic mass is 35.5. The lowest BCUT2D eigenvalue weighted by molar-refractivity contribution is -0.118. The molecule has 150 valence electrons. The van der Waals surface area contributed by atoms with Crippen LogP contribution in [0.5, 0.6) is 0 Å². The number of thioether (sulfide) groups is 1. The van der Waals surface area contributed by atoms with Crippen LogP contribution in [0.4, 0.5) is 0 Å². The van der Waals surface area contributed by atoms with Crippen LogP contribution in [0.1, 0.15) is 18.1 Å². The van der Waals surface area contributed by atoms with E-state index in [4.69, 9.17) is 11.6 Å². The summed E-state index contributed by atoms with van der Waals surface area (Å²) in [5.41, 5.74) is 2.45. The monoisotopic (exact) mass is 417 g/mol. The number of carbonyl (C=O) groups excluding carboxylic acids is 1. The van der Waals surface area contributed by atoms with Crippen molar-refractivity contribution in [3.05, 3.63) is 64.7 Å². The van der Waals surface area contributed by atoms with Crippen molar-refractivity contribution >= 4 is 29.3 Å². The van der Waals surface area contributed by atoms with Crippen LogP contribution < -0.4 is 5.32 Å². The second kappa shape index (κ2) is 10.9. The Hall–Kier alpha value is -1.53. The minimum Gasteiger partial charge on any atom is -0.351 e. The van der Waals surface area contributed by atoms with E-state index in [0.717, 1.165) is 49.7 Å². The van der Waals surface area contributed by atoms with Gasteiger partial charge in [0.1, 0.15) is 0 Å². The molecular formula is C22H28ClN3OS. The van der Waals surface area contributed by atoms with Gasteiger partial charge in [-0.2, -0.15) is 0 Å². The minimum atomic E-state index is 0.0165. The second-order valence-electron chi connectivity index (χ2n) is 7.02. The summed E-state index contributed by atoms with van der Waals surface area (Å²) in [6.07, 6.45) is 0. The van der Waals surface area contributed by atoms with Crippen molar-refractivity contribution in [2.75, 3.05) is 38.5 Å². The standard InChI is InChI=1S/C22H28ClN3OS/c1-2-25-11-13-26(14-12-25)16-19-9-7-18(8-10-19)15-24-22(27)17-28-21-6-4-3-5-20(21)23/h3-10H,2,11-17H2,1H3,(H,24,27). The van der Waals surface area contributed by atoms with Crippen LogP contribution >= 0.6 is 23.4 Å². The lowest BCUT2D eigenvalue weighted by atomic mass is 10.1. The highest BCUT2D eigenvalue weighted by Crippen LogP contribution is 2.26. The Bertz CT molecular complexity index is 761. The Morgan fingerprint density at radius 2 is 1.64 bits per heavy atom. The number of hydrogen-bond acceptors (Lipinski definition) is 4. The molecule has 1 saturated heterocycles. The molecule has 0 aliphatic carbocycles. The van der Waals surface area contributed by atoms with E-state index in [1.807, 2.05) is 24.3 Å². The fourth-order valence-electron chi connectivity index (χ4n) is 3.24. The molecule has 1 heterocycles. The number of halogens is 1. The fraction of sp³-hybridized carbons (Fsp3) is 0.409. The van der Waals surface area contributed by atoms with Crippen LogP contribution in [0.2, 0.25) is 5.02 Å². The van der Waals surface area contributed by atoms with Crippen LogP contribution in [0, 0.1) is 0 Å². The molecule has 3 rings (SSSR count). The van der Waals surface area contributed by atoms with Crippen molar-refractivity contribution in [3.63, 3.8) is 0 Å². The van der Waals surface area contributed by atoms with Gasteiger partial charge in [0.2, 0.25) is 5.91 Å². The maximum atomic E-state index is 12.1. The molecule has 1 N–H and O–H groups in total. The zero-order chi connectivity index (χ0) is 19.8. The molecule has 0 bridgehead atoms. The van der Waals surface area contributed by atoms with E-state index in [2.05, 4.69) is 46.3 Å². The Kier molecular flexibility index (Phi) is 8.22. The zero-order valence-electron chi connectivity index (χ0n) is 16.4. The molecule has 28 heavy (non-hydrogen) atoms. The van der Waals surface area contributed by atoms with E-state index in [1.54, 1.807) is 0 Å². The van der Waals surface area contributed by atoms with Gasteiger partial charge in [0, 0.05) is 44.2 Å². The molecule has 0 atom stereocenters. The van der Waals surface area contributed by atoms with E-state index >= 15 is 0 Å². The van der Waals surface area contributed by atoms with Gasteiger partial charge in [-0.25, -0.2) is 0 Å². The Labute approximate surface area is 177 Å². The van der Waals surface area contributed by atoms with Crippen molar-refractivity contribution < 1.29 is 4.79 Å². The molecule has 6 heteroatoms. The molecule has 0 saturated carbocycles. The molecule has 2 aromatic carbocycles. The summed E-state index contributed by atoms with van der Waals surface area (Å²) in [6.45, 7) is 9.51. The van der Waals surface area contributed by atoms with Crippen LogP contribution in [0.25, 0.3) is 0 Å². The van der Waals surface area contributed by atoms with Crippen LogP contribution in [-0.4, -0.2) is 54.2 Å². The summed E-state index contributed by atoms with van der Waals surface area (Å²) in [4.78, 5) is 18.0. The number of hydrogen-bond donors (Lipinski definition) is 1. The van der Waals surface area contributed by atoms with E-state index < -0.39 is 0 Å². The predicted octanol–water partition coefficient (Wildman–Crippen LogP) is 3.89. The first-order valence-electron chi connectivity index (χ1n) is 9.80. The Balaban J connectivity index is 1.39. The highest BCUT2D eigenvalue weighted by molar-refractivity contribution is 8.00. The molecule has 1 fully saturated rings. The van der Waals surface area contributed by atoms with Gasteiger partial charge in [0.15, 0.2) is 0 Å². The number of piperazine rings is 1. The topological polar surface area (TPSA) is 35.6 Å². The molecule has 2 aromatic rings. The molecule has 0 unspecified atom stereocenters. The van der Waals surface area contributed by atoms with Crippen molar-refractivity contribution in [1.29, 1.82) is 0 Å². The van der Waals surface area contributed by atoms with E-state index in [9.17, 15) is 4.79 Å². The van der Waals surface area contributed by atoms with Gasteiger partial charge in [-0.15, -0.1) is 11.8 Å². The van der Waals surface area contributed by atoms with Crippen LogP contribution in [-0.2, 0) is 17.9 Å². The lowest BCUT2D eigenvalue weighted by Gasteiger charge is -2.34. The van der Waals surface area contributed by atoms with Gasteiger partial charge in [-0.3, -0.25) is 9.69 Å². The van der Waals surface area contributed by atoms with E-state index in [0.29, 0.717) is 17.3 Å². The van der Waals surface area contributed by atoms with Gasteiger partial charge in [0.05, 0.1) is 10.8 Å². The second-order valence-corrected chi connectivity index (χ2v) is 8.45. The fourth-order valence-corrected chi connectivity index (χ4v) is 4.31.